The maximum absolute atomic E-state index is 11.8. The van der Waals surface area contributed by atoms with Crippen molar-refractivity contribution in [1.82, 2.24) is 15.5 Å². The molecule has 0 radical (unpaired) electrons. The summed E-state index contributed by atoms with van der Waals surface area (Å²) in [5, 5.41) is 12.9. The number of hydrogen-bond donors (Lipinski definition) is 2. The van der Waals surface area contributed by atoms with Crippen molar-refractivity contribution in [2.45, 2.75) is 39.2 Å². The lowest BCUT2D eigenvalue weighted by Crippen LogP contribution is -2.23. The number of para-hydroxylation sites is 1. The second-order valence-electron chi connectivity index (χ2n) is 5.16. The summed E-state index contributed by atoms with van der Waals surface area (Å²) in [4.78, 5) is 11.8. The Labute approximate surface area is 128 Å². The molecule has 0 bridgehead atoms. The number of nitrogen functional groups attached to an aromatic ring is 1. The Balaban J connectivity index is 1.78. The third-order valence-electron chi connectivity index (χ3n) is 3.09. The zero-order valence-electron chi connectivity index (χ0n) is 12.3. The molecule has 1 amide bonds. The number of anilines is 1. The summed E-state index contributed by atoms with van der Waals surface area (Å²) in [6.45, 7) is 4.59. The van der Waals surface area contributed by atoms with Crippen LogP contribution in [0.3, 0.4) is 0 Å². The average molecular weight is 304 g/mol. The van der Waals surface area contributed by atoms with Crippen LogP contribution in [0.4, 0.5) is 5.69 Å². The number of hydrogen-bond acceptors (Lipinski definition) is 5. The fourth-order valence-electron chi connectivity index (χ4n) is 1.84. The molecule has 0 unspecified atom stereocenters. The van der Waals surface area contributed by atoms with Crippen molar-refractivity contribution in [3.63, 3.8) is 0 Å². The first-order chi connectivity index (χ1) is 10.1. The van der Waals surface area contributed by atoms with Crippen molar-refractivity contribution in [2.24, 2.45) is 0 Å². The fraction of sp³-hybridized carbons (Fsp3) is 0.400. The summed E-state index contributed by atoms with van der Waals surface area (Å²) in [6, 6.07) is 7.61. The van der Waals surface area contributed by atoms with Gasteiger partial charge in [0.15, 0.2) is 0 Å². The standard InChI is InChI=1S/C15H20N4OS/c1-10(2)15-19-18-14(21-15)9-17-13(20)8-7-11-5-3-4-6-12(11)16/h3-6,10H,7-9,16H2,1-2H3,(H,17,20). The Morgan fingerprint density at radius 2 is 2.10 bits per heavy atom. The average Bonchev–Trinajstić information content (AvgIpc) is 2.93. The van der Waals surface area contributed by atoms with Crippen LogP contribution >= 0.6 is 11.3 Å². The first-order valence-corrected chi connectivity index (χ1v) is 7.80. The van der Waals surface area contributed by atoms with Crippen LogP contribution in [0.15, 0.2) is 24.3 Å². The van der Waals surface area contributed by atoms with Gasteiger partial charge in [-0.1, -0.05) is 43.4 Å². The Morgan fingerprint density at radius 1 is 1.33 bits per heavy atom. The highest BCUT2D eigenvalue weighted by Crippen LogP contribution is 2.18. The van der Waals surface area contributed by atoms with E-state index in [0.717, 1.165) is 21.3 Å². The summed E-state index contributed by atoms with van der Waals surface area (Å²) in [7, 11) is 0. The molecule has 0 saturated heterocycles. The molecule has 0 aliphatic heterocycles. The number of carbonyl (C=O) groups excluding carboxylic acids is 1. The van der Waals surface area contributed by atoms with Crippen LogP contribution in [0.5, 0.6) is 0 Å². The number of aryl methyl sites for hydroxylation is 1. The van der Waals surface area contributed by atoms with Gasteiger partial charge in [-0.15, -0.1) is 10.2 Å². The Morgan fingerprint density at radius 3 is 2.76 bits per heavy atom. The largest absolute Gasteiger partial charge is 0.399 e. The van der Waals surface area contributed by atoms with Crippen LogP contribution < -0.4 is 11.1 Å². The Bertz CT molecular complexity index is 609. The minimum Gasteiger partial charge on any atom is -0.399 e. The molecule has 1 aromatic heterocycles. The van der Waals surface area contributed by atoms with Gasteiger partial charge in [-0.2, -0.15) is 0 Å². The molecule has 1 heterocycles. The monoisotopic (exact) mass is 304 g/mol. The highest BCUT2D eigenvalue weighted by Gasteiger charge is 2.09. The molecule has 0 fully saturated rings. The summed E-state index contributed by atoms with van der Waals surface area (Å²) >= 11 is 1.54. The zero-order valence-corrected chi connectivity index (χ0v) is 13.1. The van der Waals surface area contributed by atoms with Gasteiger partial charge >= 0.3 is 0 Å². The lowest BCUT2D eigenvalue weighted by Gasteiger charge is -2.05. The normalized spacial score (nSPS) is 10.8. The molecule has 1 aromatic carbocycles. The van der Waals surface area contributed by atoms with E-state index in [1.54, 1.807) is 11.3 Å². The second-order valence-corrected chi connectivity index (χ2v) is 6.26. The molecule has 0 atom stereocenters. The molecule has 5 nitrogen and oxygen atoms in total. The quantitative estimate of drug-likeness (QED) is 0.803. The topological polar surface area (TPSA) is 80.9 Å². The van der Waals surface area contributed by atoms with Gasteiger partial charge in [0, 0.05) is 18.0 Å². The van der Waals surface area contributed by atoms with Crippen molar-refractivity contribution in [2.75, 3.05) is 5.73 Å². The second kappa shape index (κ2) is 7.17. The van der Waals surface area contributed by atoms with Gasteiger partial charge in [-0.3, -0.25) is 4.79 Å². The van der Waals surface area contributed by atoms with E-state index in [1.165, 1.54) is 0 Å². The van der Waals surface area contributed by atoms with E-state index in [1.807, 2.05) is 24.3 Å². The predicted molar refractivity (Wildman–Crippen MR) is 85.0 cm³/mol. The first-order valence-electron chi connectivity index (χ1n) is 6.98. The number of rotatable bonds is 6. The summed E-state index contributed by atoms with van der Waals surface area (Å²) in [6.07, 6.45) is 1.07. The third kappa shape index (κ3) is 4.53. The Hall–Kier alpha value is -1.95. The van der Waals surface area contributed by atoms with E-state index >= 15 is 0 Å². The van der Waals surface area contributed by atoms with Gasteiger partial charge in [-0.05, 0) is 18.1 Å². The lowest BCUT2D eigenvalue weighted by atomic mass is 10.1. The number of carbonyl (C=O) groups is 1. The minimum atomic E-state index is -0.000417. The van der Waals surface area contributed by atoms with Crippen LogP contribution in [0.25, 0.3) is 0 Å². The van der Waals surface area contributed by atoms with E-state index in [4.69, 9.17) is 5.73 Å². The zero-order chi connectivity index (χ0) is 15.2. The maximum Gasteiger partial charge on any atom is 0.220 e. The first kappa shape index (κ1) is 15.4. The number of nitrogens with one attached hydrogen (secondary N) is 1. The van der Waals surface area contributed by atoms with Crippen molar-refractivity contribution in [3.8, 4) is 0 Å². The number of aromatic nitrogens is 2. The molecular weight excluding hydrogens is 284 g/mol. The predicted octanol–water partition coefficient (Wildman–Crippen LogP) is 2.49. The number of nitrogens with zero attached hydrogens (tertiary/aromatic N) is 2. The summed E-state index contributed by atoms with van der Waals surface area (Å²) < 4.78 is 0. The summed E-state index contributed by atoms with van der Waals surface area (Å²) in [5.74, 6) is 0.368. The van der Waals surface area contributed by atoms with Crippen LogP contribution in [0.2, 0.25) is 0 Å². The highest BCUT2D eigenvalue weighted by molar-refractivity contribution is 7.11. The molecule has 3 N–H and O–H groups in total. The van der Waals surface area contributed by atoms with E-state index in [0.29, 0.717) is 25.3 Å². The van der Waals surface area contributed by atoms with Gasteiger partial charge in [0.25, 0.3) is 0 Å². The summed E-state index contributed by atoms with van der Waals surface area (Å²) in [5.41, 5.74) is 7.59. The molecule has 21 heavy (non-hydrogen) atoms. The van der Waals surface area contributed by atoms with Gasteiger partial charge in [0.05, 0.1) is 6.54 Å². The molecular formula is C15H20N4OS. The number of benzene rings is 1. The maximum atomic E-state index is 11.8. The van der Waals surface area contributed by atoms with Gasteiger partial charge < -0.3 is 11.1 Å². The highest BCUT2D eigenvalue weighted by atomic mass is 32.1. The van der Waals surface area contributed by atoms with Gasteiger partial charge in [0.1, 0.15) is 10.0 Å². The minimum absolute atomic E-state index is 0.000417. The third-order valence-corrected chi connectivity index (χ3v) is 4.31. The molecule has 0 saturated carbocycles. The van der Waals surface area contributed by atoms with E-state index < -0.39 is 0 Å². The van der Waals surface area contributed by atoms with Crippen molar-refractivity contribution in [3.05, 3.63) is 39.8 Å². The molecule has 2 rings (SSSR count). The van der Waals surface area contributed by atoms with E-state index in [9.17, 15) is 4.79 Å². The Kier molecular flexibility index (Phi) is 5.27. The molecule has 0 aliphatic rings. The fourth-order valence-corrected chi connectivity index (χ4v) is 2.63. The van der Waals surface area contributed by atoms with Crippen LogP contribution in [-0.4, -0.2) is 16.1 Å². The lowest BCUT2D eigenvalue weighted by molar-refractivity contribution is -0.121. The van der Waals surface area contributed by atoms with Crippen LogP contribution in [0.1, 0.15) is 41.8 Å². The van der Waals surface area contributed by atoms with Gasteiger partial charge in [-0.25, -0.2) is 0 Å². The van der Waals surface area contributed by atoms with Crippen molar-refractivity contribution < 1.29 is 4.79 Å². The molecule has 0 spiro atoms. The van der Waals surface area contributed by atoms with Crippen LogP contribution in [0, 0.1) is 0 Å². The SMILES string of the molecule is CC(C)c1nnc(CNC(=O)CCc2ccccc2N)s1. The van der Waals surface area contributed by atoms with E-state index in [2.05, 4.69) is 29.4 Å². The van der Waals surface area contributed by atoms with Crippen molar-refractivity contribution in [1.29, 1.82) is 0 Å². The van der Waals surface area contributed by atoms with Crippen molar-refractivity contribution >= 4 is 22.9 Å². The number of amides is 1. The van der Waals surface area contributed by atoms with E-state index in [-0.39, 0.29) is 5.91 Å². The number of nitrogens with two attached hydrogens (primary N) is 1. The van der Waals surface area contributed by atoms with Crippen LogP contribution in [-0.2, 0) is 17.8 Å². The molecule has 2 aromatic rings. The smallest absolute Gasteiger partial charge is 0.220 e. The molecule has 0 aliphatic carbocycles. The molecule has 6 heteroatoms. The molecule has 112 valence electrons. The van der Waals surface area contributed by atoms with Gasteiger partial charge in [0.2, 0.25) is 5.91 Å².